The quantitative estimate of drug-likeness (QED) is 0.723. The summed E-state index contributed by atoms with van der Waals surface area (Å²) in [6.45, 7) is 0.198. The van der Waals surface area contributed by atoms with E-state index in [1.807, 2.05) is 0 Å². The Balaban J connectivity index is 2.31. The molecule has 0 fully saturated rings. The second kappa shape index (κ2) is 8.59. The summed E-state index contributed by atoms with van der Waals surface area (Å²) < 4.78 is 44.8. The molecule has 1 N–H and O–H groups in total. The Bertz CT molecular complexity index is 795. The number of hydrogen-bond acceptors (Lipinski definition) is 4. The highest BCUT2D eigenvalue weighted by Crippen LogP contribution is 2.23. The first-order chi connectivity index (χ1) is 11.9. The fourth-order valence-electron chi connectivity index (χ4n) is 2.12. The van der Waals surface area contributed by atoms with Gasteiger partial charge in [0.25, 0.3) is 10.0 Å². The maximum Gasteiger partial charge on any atom is 0.264 e. The van der Waals surface area contributed by atoms with E-state index in [9.17, 15) is 17.6 Å². The molecule has 0 atom stereocenters. The molecule has 0 aliphatic rings. The van der Waals surface area contributed by atoms with Gasteiger partial charge in [-0.05, 0) is 36.4 Å². The van der Waals surface area contributed by atoms with Crippen molar-refractivity contribution >= 4 is 21.6 Å². The van der Waals surface area contributed by atoms with Crippen molar-refractivity contribution in [3.63, 3.8) is 0 Å². The SMILES string of the molecule is COCCNC(=O)CN(c1ccccc1)S(=O)(=O)c1ccc(F)cc1. The number of methoxy groups -OCH3 is 1. The Morgan fingerprint density at radius 1 is 1.12 bits per heavy atom. The minimum atomic E-state index is -4.02. The Morgan fingerprint density at radius 3 is 2.36 bits per heavy atom. The zero-order valence-electron chi connectivity index (χ0n) is 13.7. The lowest BCUT2D eigenvalue weighted by molar-refractivity contribution is -0.119. The number of carbonyl (C=O) groups is 1. The van der Waals surface area contributed by atoms with Gasteiger partial charge in [-0.25, -0.2) is 12.8 Å². The zero-order valence-corrected chi connectivity index (χ0v) is 14.5. The maximum absolute atomic E-state index is 13.1. The molecule has 1 amide bonds. The standard InChI is InChI=1S/C17H19FN2O4S/c1-24-12-11-19-17(21)13-20(15-5-3-2-4-6-15)25(22,23)16-9-7-14(18)8-10-16/h2-10H,11-13H2,1H3,(H,19,21). The van der Waals surface area contributed by atoms with Crippen LogP contribution in [0.25, 0.3) is 0 Å². The van der Waals surface area contributed by atoms with Crippen molar-refractivity contribution in [2.75, 3.05) is 31.1 Å². The number of carbonyl (C=O) groups excluding carboxylic acids is 1. The van der Waals surface area contributed by atoms with E-state index in [1.165, 1.54) is 19.2 Å². The van der Waals surface area contributed by atoms with E-state index in [-0.39, 0.29) is 11.4 Å². The molecule has 2 aromatic carbocycles. The van der Waals surface area contributed by atoms with E-state index < -0.39 is 28.3 Å². The summed E-state index contributed by atoms with van der Waals surface area (Å²) in [5, 5.41) is 2.59. The van der Waals surface area contributed by atoms with Crippen LogP contribution < -0.4 is 9.62 Å². The largest absolute Gasteiger partial charge is 0.383 e. The Morgan fingerprint density at radius 2 is 1.76 bits per heavy atom. The molecule has 0 radical (unpaired) electrons. The molecule has 8 heteroatoms. The minimum Gasteiger partial charge on any atom is -0.383 e. The highest BCUT2D eigenvalue weighted by Gasteiger charge is 2.27. The molecule has 0 saturated carbocycles. The second-order valence-corrected chi connectivity index (χ2v) is 7.01. The first kappa shape index (κ1) is 18.9. The number of amides is 1. The average Bonchev–Trinajstić information content (AvgIpc) is 2.61. The molecule has 0 aliphatic heterocycles. The van der Waals surface area contributed by atoms with Crippen molar-refractivity contribution in [2.45, 2.75) is 4.90 Å². The number of rotatable bonds is 8. The minimum absolute atomic E-state index is 0.0950. The van der Waals surface area contributed by atoms with Gasteiger partial charge in [0.05, 0.1) is 17.2 Å². The smallest absolute Gasteiger partial charge is 0.264 e. The molecule has 134 valence electrons. The lowest BCUT2D eigenvalue weighted by Crippen LogP contribution is -2.41. The first-order valence-electron chi connectivity index (χ1n) is 7.54. The number of para-hydroxylation sites is 1. The van der Waals surface area contributed by atoms with Gasteiger partial charge in [-0.15, -0.1) is 0 Å². The predicted molar refractivity (Wildman–Crippen MR) is 92.3 cm³/mol. The number of hydrogen-bond donors (Lipinski definition) is 1. The highest BCUT2D eigenvalue weighted by molar-refractivity contribution is 7.92. The van der Waals surface area contributed by atoms with Gasteiger partial charge in [-0.3, -0.25) is 9.10 Å². The molecule has 2 aromatic rings. The van der Waals surface area contributed by atoms with Crippen molar-refractivity contribution < 1.29 is 22.3 Å². The van der Waals surface area contributed by atoms with Crippen LogP contribution in [0.2, 0.25) is 0 Å². The average molecular weight is 366 g/mol. The molecule has 6 nitrogen and oxygen atoms in total. The van der Waals surface area contributed by atoms with Crippen LogP contribution in [-0.4, -0.2) is 41.1 Å². The van der Waals surface area contributed by atoms with Gasteiger partial charge in [-0.2, -0.15) is 0 Å². The molecule has 25 heavy (non-hydrogen) atoms. The number of benzene rings is 2. The lowest BCUT2D eigenvalue weighted by Gasteiger charge is -2.24. The summed E-state index contributed by atoms with van der Waals surface area (Å²) >= 11 is 0. The molecular weight excluding hydrogens is 347 g/mol. The molecule has 0 aliphatic carbocycles. The van der Waals surface area contributed by atoms with E-state index in [0.29, 0.717) is 12.3 Å². The first-order valence-corrected chi connectivity index (χ1v) is 8.98. The normalized spacial score (nSPS) is 11.1. The number of sulfonamides is 1. The number of ether oxygens (including phenoxy) is 1. The van der Waals surface area contributed by atoms with Gasteiger partial charge < -0.3 is 10.1 Å². The summed E-state index contributed by atoms with van der Waals surface area (Å²) in [6.07, 6.45) is 0. The molecule has 0 bridgehead atoms. The third-order valence-electron chi connectivity index (χ3n) is 3.36. The molecule has 0 saturated heterocycles. The summed E-state index contributed by atoms with van der Waals surface area (Å²) in [6, 6.07) is 12.7. The monoisotopic (exact) mass is 366 g/mol. The predicted octanol–water partition coefficient (Wildman–Crippen LogP) is 1.78. The van der Waals surface area contributed by atoms with E-state index in [4.69, 9.17) is 4.74 Å². The highest BCUT2D eigenvalue weighted by atomic mass is 32.2. The molecule has 0 spiro atoms. The van der Waals surface area contributed by atoms with E-state index in [0.717, 1.165) is 16.4 Å². The van der Waals surface area contributed by atoms with Gasteiger partial charge in [0.15, 0.2) is 0 Å². The molecule has 0 unspecified atom stereocenters. The van der Waals surface area contributed by atoms with Crippen LogP contribution in [0.15, 0.2) is 59.5 Å². The van der Waals surface area contributed by atoms with Crippen molar-refractivity contribution in [3.8, 4) is 0 Å². The lowest BCUT2D eigenvalue weighted by atomic mass is 10.3. The summed E-state index contributed by atoms with van der Waals surface area (Å²) in [5.74, 6) is -1.01. The van der Waals surface area contributed by atoms with Gasteiger partial charge in [0, 0.05) is 13.7 Å². The van der Waals surface area contributed by atoms with Crippen molar-refractivity contribution in [3.05, 3.63) is 60.4 Å². The van der Waals surface area contributed by atoms with Gasteiger partial charge in [0.1, 0.15) is 12.4 Å². The van der Waals surface area contributed by atoms with Crippen molar-refractivity contribution in [1.82, 2.24) is 5.32 Å². The van der Waals surface area contributed by atoms with Crippen molar-refractivity contribution in [1.29, 1.82) is 0 Å². The van der Waals surface area contributed by atoms with E-state index in [2.05, 4.69) is 5.32 Å². The van der Waals surface area contributed by atoms with E-state index >= 15 is 0 Å². The van der Waals surface area contributed by atoms with Crippen LogP contribution in [0.5, 0.6) is 0 Å². The van der Waals surface area contributed by atoms with Crippen LogP contribution in [0.4, 0.5) is 10.1 Å². The third-order valence-corrected chi connectivity index (χ3v) is 5.15. The maximum atomic E-state index is 13.1. The van der Waals surface area contributed by atoms with Crippen LogP contribution in [0.1, 0.15) is 0 Å². The number of nitrogens with zero attached hydrogens (tertiary/aromatic N) is 1. The topological polar surface area (TPSA) is 75.7 Å². The molecule has 2 rings (SSSR count). The Kier molecular flexibility index (Phi) is 6.49. The zero-order chi connectivity index (χ0) is 18.3. The second-order valence-electron chi connectivity index (χ2n) is 5.14. The summed E-state index contributed by atoms with van der Waals surface area (Å²) in [4.78, 5) is 12.0. The van der Waals surface area contributed by atoms with Crippen molar-refractivity contribution in [2.24, 2.45) is 0 Å². The fourth-order valence-corrected chi connectivity index (χ4v) is 3.54. The van der Waals surface area contributed by atoms with Crippen LogP contribution in [0.3, 0.4) is 0 Å². The van der Waals surface area contributed by atoms with Gasteiger partial charge in [-0.1, -0.05) is 18.2 Å². The fraction of sp³-hybridized carbons (Fsp3) is 0.235. The summed E-state index contributed by atoms with van der Waals surface area (Å²) in [5.41, 5.74) is 0.341. The Labute approximate surface area is 146 Å². The summed E-state index contributed by atoms with van der Waals surface area (Å²) in [7, 11) is -2.52. The number of halogens is 1. The molecule has 0 aromatic heterocycles. The Hall–Kier alpha value is -2.45. The van der Waals surface area contributed by atoms with Gasteiger partial charge in [0.2, 0.25) is 5.91 Å². The van der Waals surface area contributed by atoms with E-state index in [1.54, 1.807) is 30.3 Å². The van der Waals surface area contributed by atoms with Gasteiger partial charge >= 0.3 is 0 Å². The number of anilines is 1. The molecule has 0 heterocycles. The third kappa shape index (κ3) is 5.01. The van der Waals surface area contributed by atoms with Crippen LogP contribution >= 0.6 is 0 Å². The number of nitrogens with one attached hydrogen (secondary N) is 1. The molecular formula is C17H19FN2O4S. The van der Waals surface area contributed by atoms with Crippen LogP contribution in [-0.2, 0) is 19.6 Å². The van der Waals surface area contributed by atoms with Crippen LogP contribution in [0, 0.1) is 5.82 Å².